The molecule has 0 bridgehead atoms. The molecular weight excluding hydrogens is 413 g/mol. The van der Waals surface area contributed by atoms with Gasteiger partial charge in [-0.05, 0) is 30.7 Å². The van der Waals surface area contributed by atoms with Crippen molar-refractivity contribution in [2.24, 2.45) is 0 Å². The molecule has 0 aliphatic heterocycles. The normalized spacial score (nSPS) is 13.8. The van der Waals surface area contributed by atoms with Gasteiger partial charge in [0.1, 0.15) is 5.82 Å². The van der Waals surface area contributed by atoms with Gasteiger partial charge in [-0.2, -0.15) is 18.2 Å². The van der Waals surface area contributed by atoms with E-state index in [1.54, 1.807) is 25.1 Å². The van der Waals surface area contributed by atoms with Gasteiger partial charge in [-0.3, -0.25) is 4.57 Å². The molecule has 0 aliphatic rings. The predicted molar refractivity (Wildman–Crippen MR) is 97.7 cm³/mol. The minimum Gasteiger partial charge on any atom is -0.329 e. The number of hydrogen-bond acceptors (Lipinski definition) is 5. The average Bonchev–Trinajstić information content (AvgIpc) is 3.13. The summed E-state index contributed by atoms with van der Waals surface area (Å²) in [7, 11) is -3.40. The molecule has 1 unspecified atom stereocenters. The van der Waals surface area contributed by atoms with Crippen molar-refractivity contribution in [3.63, 3.8) is 0 Å². The third-order valence-corrected chi connectivity index (χ3v) is 5.79. The second-order valence-electron chi connectivity index (χ2n) is 5.99. The molecule has 29 heavy (non-hydrogen) atoms. The van der Waals surface area contributed by atoms with Crippen LogP contribution in [0.4, 0.5) is 23.2 Å². The summed E-state index contributed by atoms with van der Waals surface area (Å²) in [6.07, 6.45) is -4.74. The third-order valence-electron chi connectivity index (χ3n) is 3.73. The number of anilines is 1. The van der Waals surface area contributed by atoms with Crippen LogP contribution in [0.5, 0.6) is 0 Å². The lowest BCUT2D eigenvalue weighted by Gasteiger charge is -2.20. The number of nitrogens with zero attached hydrogens (tertiary/aromatic N) is 2. The number of rotatable bonds is 7. The molecule has 6 nitrogen and oxygen atoms in total. The summed E-state index contributed by atoms with van der Waals surface area (Å²) >= 11 is 0. The number of halogens is 4. The van der Waals surface area contributed by atoms with E-state index < -0.39 is 25.4 Å². The Hall–Kier alpha value is -2.71. The fourth-order valence-corrected chi connectivity index (χ4v) is 4.41. The van der Waals surface area contributed by atoms with E-state index >= 15 is 0 Å². The van der Waals surface area contributed by atoms with Gasteiger partial charge in [-0.1, -0.05) is 35.5 Å². The zero-order chi connectivity index (χ0) is 21.1. The van der Waals surface area contributed by atoms with Crippen LogP contribution in [0, 0.1) is 5.82 Å². The van der Waals surface area contributed by atoms with Crippen molar-refractivity contribution in [3.05, 3.63) is 65.8 Å². The summed E-state index contributed by atoms with van der Waals surface area (Å²) in [4.78, 5) is 3.32. The van der Waals surface area contributed by atoms with Crippen LogP contribution in [0.15, 0.2) is 53.1 Å². The molecule has 154 valence electrons. The molecule has 1 atom stereocenters. The van der Waals surface area contributed by atoms with E-state index in [1.807, 2.05) is 0 Å². The van der Waals surface area contributed by atoms with Gasteiger partial charge in [-0.25, -0.2) is 4.39 Å². The fraction of sp³-hybridized carbons (Fsp3) is 0.222. The summed E-state index contributed by atoms with van der Waals surface area (Å²) < 4.78 is 73.8. The average molecular weight is 429 g/mol. The van der Waals surface area contributed by atoms with Crippen LogP contribution in [0.2, 0.25) is 0 Å². The Bertz CT molecular complexity index is 1020. The van der Waals surface area contributed by atoms with Crippen molar-refractivity contribution < 1.29 is 31.2 Å². The highest BCUT2D eigenvalue weighted by Gasteiger charge is 2.38. The molecule has 0 amide bonds. The highest BCUT2D eigenvalue weighted by molar-refractivity contribution is 7.59. The molecular formula is C18H16F4N3O3P. The first-order valence-electron chi connectivity index (χ1n) is 8.46. The Morgan fingerprint density at radius 1 is 1.17 bits per heavy atom. The van der Waals surface area contributed by atoms with Crippen molar-refractivity contribution >= 4 is 13.2 Å². The second-order valence-corrected chi connectivity index (χ2v) is 8.13. The molecule has 1 heterocycles. The lowest BCUT2D eigenvalue weighted by molar-refractivity contribution is -0.159. The molecule has 3 rings (SSSR count). The molecule has 0 fully saturated rings. The Morgan fingerprint density at radius 3 is 2.48 bits per heavy atom. The Kier molecular flexibility index (Phi) is 6.04. The van der Waals surface area contributed by atoms with Gasteiger partial charge in [-0.15, -0.1) is 0 Å². The quantitative estimate of drug-likeness (QED) is 0.382. The van der Waals surface area contributed by atoms with Crippen LogP contribution < -0.4 is 5.09 Å². The SMILES string of the molecule is CCOP(=O)(Cc1ccc(-c2noc(C(F)(F)F)n2)cc1)Nc1cccc(F)c1. The summed E-state index contributed by atoms with van der Waals surface area (Å²) in [6.45, 7) is 1.85. The molecule has 0 aliphatic carbocycles. The number of nitrogens with one attached hydrogen (secondary N) is 1. The number of hydrogen-bond donors (Lipinski definition) is 1. The van der Waals surface area contributed by atoms with E-state index in [1.165, 1.54) is 30.3 Å². The predicted octanol–water partition coefficient (Wildman–Crippen LogP) is 5.74. The van der Waals surface area contributed by atoms with Gasteiger partial charge in [0.2, 0.25) is 5.82 Å². The number of aromatic nitrogens is 2. The molecule has 11 heteroatoms. The molecule has 1 aromatic heterocycles. The first-order chi connectivity index (χ1) is 13.7. The lowest BCUT2D eigenvalue weighted by atomic mass is 10.1. The smallest absolute Gasteiger partial charge is 0.329 e. The van der Waals surface area contributed by atoms with E-state index in [0.717, 1.165) is 0 Å². The molecule has 0 spiro atoms. The molecule has 0 saturated heterocycles. The van der Waals surface area contributed by atoms with Gasteiger partial charge in [0.05, 0.1) is 12.8 Å². The Labute approximate surface area is 163 Å². The van der Waals surface area contributed by atoms with Crippen LogP contribution >= 0.6 is 7.52 Å². The largest absolute Gasteiger partial charge is 0.471 e. The van der Waals surface area contributed by atoms with E-state index in [9.17, 15) is 22.1 Å². The van der Waals surface area contributed by atoms with Gasteiger partial charge in [0.25, 0.3) is 7.52 Å². The molecule has 2 aromatic carbocycles. The molecule has 0 radical (unpaired) electrons. The van der Waals surface area contributed by atoms with Crippen LogP contribution in [-0.4, -0.2) is 16.7 Å². The summed E-state index contributed by atoms with van der Waals surface area (Å²) in [5.41, 5.74) is 1.20. The Balaban J connectivity index is 1.77. The lowest BCUT2D eigenvalue weighted by Crippen LogP contribution is -2.05. The summed E-state index contributed by atoms with van der Waals surface area (Å²) in [5, 5.41) is 6.06. The van der Waals surface area contributed by atoms with E-state index in [-0.39, 0.29) is 18.6 Å². The minimum atomic E-state index is -4.72. The number of alkyl halides is 3. The zero-order valence-corrected chi connectivity index (χ0v) is 16.0. The summed E-state index contributed by atoms with van der Waals surface area (Å²) in [6, 6.07) is 11.6. The second kappa shape index (κ2) is 8.34. The maximum atomic E-state index is 13.4. The highest BCUT2D eigenvalue weighted by atomic mass is 31.2. The van der Waals surface area contributed by atoms with Gasteiger partial charge >= 0.3 is 12.1 Å². The maximum Gasteiger partial charge on any atom is 0.471 e. The van der Waals surface area contributed by atoms with Crippen molar-refractivity contribution in [2.75, 3.05) is 11.7 Å². The zero-order valence-electron chi connectivity index (χ0n) is 15.1. The van der Waals surface area contributed by atoms with Crippen molar-refractivity contribution in [3.8, 4) is 11.4 Å². The van der Waals surface area contributed by atoms with Crippen molar-refractivity contribution in [2.45, 2.75) is 19.3 Å². The third kappa shape index (κ3) is 5.42. The minimum absolute atomic E-state index is 0.0162. The van der Waals surface area contributed by atoms with Gasteiger partial charge < -0.3 is 14.1 Å². The van der Waals surface area contributed by atoms with E-state index in [0.29, 0.717) is 16.8 Å². The summed E-state index contributed by atoms with van der Waals surface area (Å²) in [5.74, 6) is -2.13. The van der Waals surface area contributed by atoms with Crippen LogP contribution in [0.1, 0.15) is 18.4 Å². The van der Waals surface area contributed by atoms with E-state index in [4.69, 9.17) is 4.52 Å². The van der Waals surface area contributed by atoms with Crippen LogP contribution in [0.25, 0.3) is 11.4 Å². The monoisotopic (exact) mass is 429 g/mol. The Morgan fingerprint density at radius 2 is 1.90 bits per heavy atom. The van der Waals surface area contributed by atoms with Crippen molar-refractivity contribution in [1.29, 1.82) is 0 Å². The number of benzene rings is 2. The topological polar surface area (TPSA) is 77.2 Å². The first-order valence-corrected chi connectivity index (χ1v) is 10.3. The maximum absolute atomic E-state index is 13.4. The molecule has 0 saturated carbocycles. The van der Waals surface area contributed by atoms with Crippen molar-refractivity contribution in [1.82, 2.24) is 10.1 Å². The standard InChI is InChI=1S/C18H16F4N3O3P/c1-2-27-29(26,25-15-5-3-4-14(19)10-15)11-12-6-8-13(9-7-12)16-23-17(28-24-16)18(20,21)22/h3-10H,2,11H2,1H3,(H,25,26). The molecule has 3 aromatic rings. The van der Waals surface area contributed by atoms with Crippen LogP contribution in [0.3, 0.4) is 0 Å². The first kappa shape index (κ1) is 21.0. The van der Waals surface area contributed by atoms with E-state index in [2.05, 4.69) is 19.8 Å². The van der Waals surface area contributed by atoms with Gasteiger partial charge in [0.15, 0.2) is 0 Å². The van der Waals surface area contributed by atoms with Crippen LogP contribution in [-0.2, 0) is 21.4 Å². The molecule has 1 N–H and O–H groups in total. The van der Waals surface area contributed by atoms with Gasteiger partial charge in [0, 0.05) is 11.3 Å². The highest BCUT2D eigenvalue weighted by Crippen LogP contribution is 2.50. The fourth-order valence-electron chi connectivity index (χ4n) is 2.54.